The Bertz CT molecular complexity index is 584. The van der Waals surface area contributed by atoms with Crippen molar-refractivity contribution in [2.45, 2.75) is 33.2 Å². The topological polar surface area (TPSA) is 66.6 Å². The van der Waals surface area contributed by atoms with E-state index in [1.54, 1.807) is 6.20 Å². The first-order chi connectivity index (χ1) is 8.87. The molecule has 2 heterocycles. The molecule has 0 aliphatic rings. The van der Waals surface area contributed by atoms with E-state index in [9.17, 15) is 9.90 Å². The SMILES string of the molecule is CC(C)(C)CC(Nc1ncc2ccccn12)C(=O)O. The third kappa shape index (κ3) is 3.24. The van der Waals surface area contributed by atoms with E-state index in [2.05, 4.69) is 10.3 Å². The number of imidazole rings is 1. The lowest BCUT2D eigenvalue weighted by atomic mass is 9.88. The standard InChI is InChI=1S/C14H19N3O2/c1-14(2,3)8-11(12(18)19)16-13-15-9-10-6-4-5-7-17(10)13/h4-7,9,11H,8H2,1-3H3,(H,15,16)(H,18,19). The predicted molar refractivity (Wildman–Crippen MR) is 74.3 cm³/mol. The van der Waals surface area contributed by atoms with Crippen LogP contribution in [0.5, 0.6) is 0 Å². The molecule has 2 rings (SSSR count). The summed E-state index contributed by atoms with van der Waals surface area (Å²) < 4.78 is 1.85. The lowest BCUT2D eigenvalue weighted by molar-refractivity contribution is -0.138. The number of nitrogens with zero attached hydrogens (tertiary/aromatic N) is 2. The van der Waals surface area contributed by atoms with E-state index < -0.39 is 12.0 Å². The number of fused-ring (bicyclic) bond motifs is 1. The van der Waals surface area contributed by atoms with E-state index in [-0.39, 0.29) is 5.41 Å². The molecule has 0 aliphatic heterocycles. The van der Waals surface area contributed by atoms with Crippen molar-refractivity contribution in [1.29, 1.82) is 0 Å². The summed E-state index contributed by atoms with van der Waals surface area (Å²) in [5.74, 6) is -0.296. The fourth-order valence-electron chi connectivity index (χ4n) is 2.02. The molecular weight excluding hydrogens is 242 g/mol. The molecule has 2 aromatic rings. The number of aromatic nitrogens is 2. The van der Waals surface area contributed by atoms with Crippen LogP contribution in [0.3, 0.4) is 0 Å². The van der Waals surface area contributed by atoms with Crippen LogP contribution in [0.4, 0.5) is 5.95 Å². The molecule has 2 aromatic heterocycles. The number of nitrogens with one attached hydrogen (secondary N) is 1. The van der Waals surface area contributed by atoms with Gasteiger partial charge < -0.3 is 10.4 Å². The molecule has 0 radical (unpaired) electrons. The molecule has 0 spiro atoms. The summed E-state index contributed by atoms with van der Waals surface area (Å²) in [5, 5.41) is 12.3. The van der Waals surface area contributed by atoms with Crippen LogP contribution in [0.25, 0.3) is 5.52 Å². The molecule has 0 saturated heterocycles. The Labute approximate surface area is 112 Å². The Morgan fingerprint density at radius 2 is 2.21 bits per heavy atom. The zero-order valence-corrected chi connectivity index (χ0v) is 11.4. The molecular formula is C14H19N3O2. The van der Waals surface area contributed by atoms with Crippen LogP contribution in [0, 0.1) is 5.41 Å². The largest absolute Gasteiger partial charge is 0.480 e. The molecule has 0 aromatic carbocycles. The molecule has 1 atom stereocenters. The van der Waals surface area contributed by atoms with Crippen LogP contribution in [-0.2, 0) is 4.79 Å². The number of pyridine rings is 1. The predicted octanol–water partition coefficient (Wildman–Crippen LogP) is 2.64. The van der Waals surface area contributed by atoms with Crippen LogP contribution in [0.2, 0.25) is 0 Å². The van der Waals surface area contributed by atoms with Gasteiger partial charge in [-0.05, 0) is 24.0 Å². The number of carboxylic acid groups (broad SMARTS) is 1. The van der Waals surface area contributed by atoms with Crippen molar-refractivity contribution < 1.29 is 9.90 Å². The van der Waals surface area contributed by atoms with Gasteiger partial charge in [-0.25, -0.2) is 9.78 Å². The summed E-state index contributed by atoms with van der Waals surface area (Å²) >= 11 is 0. The summed E-state index contributed by atoms with van der Waals surface area (Å²) in [7, 11) is 0. The summed E-state index contributed by atoms with van der Waals surface area (Å²) in [5.41, 5.74) is 0.869. The summed E-state index contributed by atoms with van der Waals surface area (Å²) in [6.45, 7) is 6.07. The molecule has 0 aliphatic carbocycles. The minimum atomic E-state index is -0.859. The second-order valence-electron chi connectivity index (χ2n) is 5.88. The van der Waals surface area contributed by atoms with Gasteiger partial charge in [0.05, 0.1) is 11.7 Å². The van der Waals surface area contributed by atoms with Gasteiger partial charge in [0.1, 0.15) is 6.04 Å². The fraction of sp³-hybridized carbons (Fsp3) is 0.429. The number of carboxylic acids is 1. The van der Waals surface area contributed by atoms with Crippen molar-refractivity contribution in [3.05, 3.63) is 30.6 Å². The number of hydrogen-bond acceptors (Lipinski definition) is 3. The van der Waals surface area contributed by atoms with E-state index in [1.807, 2.05) is 49.6 Å². The first-order valence-corrected chi connectivity index (χ1v) is 6.28. The van der Waals surface area contributed by atoms with Crippen molar-refractivity contribution in [3.8, 4) is 0 Å². The van der Waals surface area contributed by atoms with Gasteiger partial charge in [-0.1, -0.05) is 26.8 Å². The van der Waals surface area contributed by atoms with Crippen LogP contribution in [-0.4, -0.2) is 26.5 Å². The third-order valence-corrected chi connectivity index (χ3v) is 2.86. The number of rotatable bonds is 4. The average molecular weight is 261 g/mol. The monoisotopic (exact) mass is 261 g/mol. The molecule has 0 fully saturated rings. The second-order valence-corrected chi connectivity index (χ2v) is 5.88. The highest BCUT2D eigenvalue weighted by molar-refractivity contribution is 5.76. The van der Waals surface area contributed by atoms with E-state index >= 15 is 0 Å². The van der Waals surface area contributed by atoms with Crippen LogP contribution in [0.1, 0.15) is 27.2 Å². The molecule has 102 valence electrons. The van der Waals surface area contributed by atoms with Gasteiger partial charge >= 0.3 is 5.97 Å². The Morgan fingerprint density at radius 3 is 2.84 bits per heavy atom. The zero-order valence-electron chi connectivity index (χ0n) is 11.4. The molecule has 0 saturated carbocycles. The van der Waals surface area contributed by atoms with Crippen LogP contribution in [0.15, 0.2) is 30.6 Å². The number of anilines is 1. The minimum absolute atomic E-state index is 0.0663. The first-order valence-electron chi connectivity index (χ1n) is 6.28. The Kier molecular flexibility index (Phi) is 3.46. The van der Waals surface area contributed by atoms with E-state index in [0.29, 0.717) is 12.4 Å². The van der Waals surface area contributed by atoms with Gasteiger partial charge in [-0.15, -0.1) is 0 Å². The van der Waals surface area contributed by atoms with E-state index in [0.717, 1.165) is 5.52 Å². The van der Waals surface area contributed by atoms with Crippen molar-refractivity contribution in [3.63, 3.8) is 0 Å². The van der Waals surface area contributed by atoms with Crippen molar-refractivity contribution >= 4 is 17.4 Å². The van der Waals surface area contributed by atoms with Crippen LogP contribution < -0.4 is 5.32 Å². The van der Waals surface area contributed by atoms with Crippen molar-refractivity contribution in [2.24, 2.45) is 5.41 Å². The molecule has 5 nitrogen and oxygen atoms in total. The van der Waals surface area contributed by atoms with Crippen molar-refractivity contribution in [2.75, 3.05) is 5.32 Å². The van der Waals surface area contributed by atoms with Crippen LogP contribution >= 0.6 is 0 Å². The smallest absolute Gasteiger partial charge is 0.326 e. The number of carbonyl (C=O) groups is 1. The fourth-order valence-corrected chi connectivity index (χ4v) is 2.02. The highest BCUT2D eigenvalue weighted by Gasteiger charge is 2.25. The molecule has 2 N–H and O–H groups in total. The molecule has 5 heteroatoms. The first kappa shape index (κ1) is 13.4. The highest BCUT2D eigenvalue weighted by Crippen LogP contribution is 2.23. The molecule has 19 heavy (non-hydrogen) atoms. The van der Waals surface area contributed by atoms with Gasteiger partial charge in [-0.2, -0.15) is 0 Å². The Hall–Kier alpha value is -2.04. The van der Waals surface area contributed by atoms with Crippen molar-refractivity contribution in [1.82, 2.24) is 9.38 Å². The lowest BCUT2D eigenvalue weighted by Gasteiger charge is -2.24. The summed E-state index contributed by atoms with van der Waals surface area (Å²) in [6, 6.07) is 5.09. The highest BCUT2D eigenvalue weighted by atomic mass is 16.4. The van der Waals surface area contributed by atoms with E-state index in [1.165, 1.54) is 0 Å². The third-order valence-electron chi connectivity index (χ3n) is 2.86. The van der Waals surface area contributed by atoms with Gasteiger partial charge in [0.25, 0.3) is 0 Å². The lowest BCUT2D eigenvalue weighted by Crippen LogP contribution is -2.34. The minimum Gasteiger partial charge on any atom is -0.480 e. The maximum Gasteiger partial charge on any atom is 0.326 e. The zero-order chi connectivity index (χ0) is 14.0. The van der Waals surface area contributed by atoms with Gasteiger partial charge in [0.15, 0.2) is 0 Å². The quantitative estimate of drug-likeness (QED) is 0.888. The van der Waals surface area contributed by atoms with E-state index in [4.69, 9.17) is 0 Å². The average Bonchev–Trinajstić information content (AvgIpc) is 2.70. The molecule has 0 bridgehead atoms. The second kappa shape index (κ2) is 4.91. The van der Waals surface area contributed by atoms with Gasteiger partial charge in [0, 0.05) is 6.20 Å². The molecule has 0 amide bonds. The number of hydrogen-bond donors (Lipinski definition) is 2. The Morgan fingerprint density at radius 1 is 1.47 bits per heavy atom. The Balaban J connectivity index is 2.24. The maximum atomic E-state index is 11.3. The normalized spacial score (nSPS) is 13.4. The summed E-state index contributed by atoms with van der Waals surface area (Å²) in [6.07, 6.45) is 4.11. The number of aliphatic carboxylic acids is 1. The van der Waals surface area contributed by atoms with Gasteiger partial charge in [-0.3, -0.25) is 4.40 Å². The molecule has 1 unspecified atom stereocenters. The van der Waals surface area contributed by atoms with Gasteiger partial charge in [0.2, 0.25) is 5.95 Å². The maximum absolute atomic E-state index is 11.3. The summed E-state index contributed by atoms with van der Waals surface area (Å²) in [4.78, 5) is 15.6.